The lowest BCUT2D eigenvalue weighted by atomic mass is 9.85. The smallest absolute Gasteiger partial charge is 0.248 e. The highest BCUT2D eigenvalue weighted by molar-refractivity contribution is 7.90. The molecule has 1 aromatic rings. The van der Waals surface area contributed by atoms with E-state index in [0.717, 1.165) is 18.5 Å². The summed E-state index contributed by atoms with van der Waals surface area (Å²) in [6.07, 6.45) is 5.20. The summed E-state index contributed by atoms with van der Waals surface area (Å²) in [6.45, 7) is 6.43. The van der Waals surface area contributed by atoms with Crippen molar-refractivity contribution in [3.05, 3.63) is 11.9 Å². The van der Waals surface area contributed by atoms with Crippen LogP contribution in [0.2, 0.25) is 0 Å². The number of carbonyl (C=O) groups is 2. The minimum atomic E-state index is -3.24. The van der Waals surface area contributed by atoms with E-state index in [1.807, 2.05) is 27.0 Å². The number of hydrogen-bond donors (Lipinski definition) is 3. The minimum Gasteiger partial charge on any atom is -0.391 e. The summed E-state index contributed by atoms with van der Waals surface area (Å²) >= 11 is 0. The molecular formula is C22H36N6O5S. The number of nitrogens with zero attached hydrogens (tertiary/aromatic N) is 4. The van der Waals surface area contributed by atoms with E-state index in [1.165, 1.54) is 4.90 Å². The summed E-state index contributed by atoms with van der Waals surface area (Å²) in [5.74, 6) is -0.209. The van der Waals surface area contributed by atoms with Gasteiger partial charge in [0, 0.05) is 38.2 Å². The van der Waals surface area contributed by atoms with Gasteiger partial charge in [0.05, 0.1) is 17.0 Å². The molecule has 1 saturated heterocycles. The van der Waals surface area contributed by atoms with Gasteiger partial charge in [0.1, 0.15) is 12.1 Å². The first-order valence-corrected chi connectivity index (χ1v) is 13.7. The predicted molar refractivity (Wildman–Crippen MR) is 124 cm³/mol. The predicted octanol–water partition coefficient (Wildman–Crippen LogP) is 0.293. The van der Waals surface area contributed by atoms with Crippen LogP contribution in [0.25, 0.3) is 0 Å². The average molecular weight is 497 g/mol. The van der Waals surface area contributed by atoms with Crippen molar-refractivity contribution in [2.24, 2.45) is 5.41 Å². The zero-order valence-electron chi connectivity index (χ0n) is 20.1. The molecular weight excluding hydrogens is 460 g/mol. The number of aliphatic hydroxyl groups is 1. The van der Waals surface area contributed by atoms with E-state index in [1.54, 1.807) is 4.68 Å². The van der Waals surface area contributed by atoms with Crippen LogP contribution in [-0.2, 0) is 19.6 Å². The second-order valence-corrected chi connectivity index (χ2v) is 12.9. The molecule has 0 spiro atoms. The van der Waals surface area contributed by atoms with Gasteiger partial charge in [0.15, 0.2) is 0 Å². The van der Waals surface area contributed by atoms with Crippen LogP contribution in [0.5, 0.6) is 0 Å². The Morgan fingerprint density at radius 1 is 1.21 bits per heavy atom. The molecule has 2 heterocycles. The topological polar surface area (TPSA) is 147 Å². The number of carbonyl (C=O) groups excluding carboxylic acids is 2. The lowest BCUT2D eigenvalue weighted by Crippen LogP contribution is -2.50. The number of aliphatic hydroxyl groups excluding tert-OH is 1. The lowest BCUT2D eigenvalue weighted by Gasteiger charge is -2.34. The molecule has 1 aliphatic heterocycles. The number of likely N-dealkylation sites (tertiary alicyclic amines) is 1. The highest BCUT2D eigenvalue weighted by Crippen LogP contribution is 2.40. The van der Waals surface area contributed by atoms with E-state index < -0.39 is 33.6 Å². The van der Waals surface area contributed by atoms with Crippen LogP contribution >= 0.6 is 0 Å². The third-order valence-corrected chi connectivity index (χ3v) is 8.58. The number of amides is 2. The van der Waals surface area contributed by atoms with Crippen LogP contribution in [-0.4, -0.2) is 82.3 Å². The van der Waals surface area contributed by atoms with Crippen molar-refractivity contribution in [2.45, 2.75) is 88.7 Å². The van der Waals surface area contributed by atoms with E-state index in [9.17, 15) is 23.1 Å². The maximum atomic E-state index is 13.7. The monoisotopic (exact) mass is 496 g/mol. The fraction of sp³-hybridized carbons (Fsp3) is 0.818. The van der Waals surface area contributed by atoms with E-state index in [2.05, 4.69) is 20.4 Å². The van der Waals surface area contributed by atoms with E-state index >= 15 is 0 Å². The Labute approximate surface area is 200 Å². The molecule has 11 nitrogen and oxygen atoms in total. The number of rotatable bonds is 10. The Kier molecular flexibility index (Phi) is 7.03. The summed E-state index contributed by atoms with van der Waals surface area (Å²) < 4.78 is 27.9. The molecule has 0 bridgehead atoms. The Balaban J connectivity index is 1.37. The third kappa shape index (κ3) is 5.77. The number of sulfonamides is 1. The third-order valence-electron chi connectivity index (χ3n) is 6.63. The first-order valence-electron chi connectivity index (χ1n) is 12.1. The molecule has 34 heavy (non-hydrogen) atoms. The van der Waals surface area contributed by atoms with Gasteiger partial charge >= 0.3 is 0 Å². The lowest BCUT2D eigenvalue weighted by molar-refractivity contribution is -0.144. The summed E-state index contributed by atoms with van der Waals surface area (Å²) in [7, 11) is -3.24. The Morgan fingerprint density at radius 2 is 1.91 bits per heavy atom. The number of β-amino-alcohol motifs (C(OH)–C–C–N with tert-alkyl or cyclic N) is 1. The quantitative estimate of drug-likeness (QED) is 0.395. The maximum absolute atomic E-state index is 13.7. The molecule has 2 amide bonds. The van der Waals surface area contributed by atoms with Gasteiger partial charge in [0.25, 0.3) is 0 Å². The SMILES string of the molecule is CC(C)(C)[C@@H](C(=O)N1C[C@H](O)C[C@H]1C(=O)NCCCNS(=O)(=O)C1CC1)n1cc(C2CC2)nn1. The first kappa shape index (κ1) is 25.1. The van der Waals surface area contributed by atoms with Gasteiger partial charge in [-0.05, 0) is 37.5 Å². The first-order chi connectivity index (χ1) is 16.0. The molecule has 2 aliphatic carbocycles. The van der Waals surface area contributed by atoms with Crippen LogP contribution < -0.4 is 10.0 Å². The highest BCUT2D eigenvalue weighted by atomic mass is 32.2. The largest absolute Gasteiger partial charge is 0.391 e. The number of aromatic nitrogens is 3. The van der Waals surface area contributed by atoms with Crippen molar-refractivity contribution >= 4 is 21.8 Å². The molecule has 0 unspecified atom stereocenters. The molecule has 3 N–H and O–H groups in total. The minimum absolute atomic E-state index is 0.0782. The molecule has 12 heteroatoms. The van der Waals surface area contributed by atoms with Crippen molar-refractivity contribution in [3.8, 4) is 0 Å². The van der Waals surface area contributed by atoms with Gasteiger partial charge in [-0.15, -0.1) is 5.10 Å². The van der Waals surface area contributed by atoms with Crippen molar-refractivity contribution < 1.29 is 23.1 Å². The zero-order valence-corrected chi connectivity index (χ0v) is 20.9. The molecule has 0 aromatic carbocycles. The van der Waals surface area contributed by atoms with Crippen molar-refractivity contribution in [2.75, 3.05) is 19.6 Å². The molecule has 3 aliphatic rings. The van der Waals surface area contributed by atoms with Crippen LogP contribution in [0.3, 0.4) is 0 Å². The van der Waals surface area contributed by atoms with Gasteiger partial charge < -0.3 is 15.3 Å². The van der Waals surface area contributed by atoms with Crippen LogP contribution in [0.1, 0.15) is 76.9 Å². The Hall–Kier alpha value is -2.05. The fourth-order valence-corrected chi connectivity index (χ4v) is 5.88. The summed E-state index contributed by atoms with van der Waals surface area (Å²) in [5.41, 5.74) is 0.397. The Bertz CT molecular complexity index is 1010. The molecule has 3 fully saturated rings. The Morgan fingerprint density at radius 3 is 2.53 bits per heavy atom. The molecule has 3 atom stereocenters. The summed E-state index contributed by atoms with van der Waals surface area (Å²) in [5, 5.41) is 21.3. The van der Waals surface area contributed by atoms with E-state index in [4.69, 9.17) is 0 Å². The van der Waals surface area contributed by atoms with Gasteiger partial charge in [-0.2, -0.15) is 0 Å². The normalized spacial score (nSPS) is 24.3. The second-order valence-electron chi connectivity index (χ2n) is 10.8. The van der Waals surface area contributed by atoms with Crippen LogP contribution in [0.4, 0.5) is 0 Å². The van der Waals surface area contributed by atoms with Gasteiger partial charge in [-0.1, -0.05) is 26.0 Å². The van der Waals surface area contributed by atoms with Crippen LogP contribution in [0, 0.1) is 5.41 Å². The second kappa shape index (κ2) is 9.54. The van der Waals surface area contributed by atoms with Crippen molar-refractivity contribution in [3.63, 3.8) is 0 Å². The van der Waals surface area contributed by atoms with Crippen LogP contribution in [0.15, 0.2) is 6.20 Å². The number of hydrogen-bond acceptors (Lipinski definition) is 7. The van der Waals surface area contributed by atoms with Gasteiger partial charge in [0.2, 0.25) is 21.8 Å². The molecule has 2 saturated carbocycles. The molecule has 4 rings (SSSR count). The standard InChI is InChI=1S/C22H36N6O5S/c1-22(2,3)19(28-13-17(25-26-28)14-5-6-14)21(31)27-12-15(29)11-18(27)20(30)23-9-4-10-24-34(32,33)16-7-8-16/h13-16,18-19,24,29H,4-12H2,1-3H3,(H,23,30)/t15-,18+,19-/m1/s1. The number of nitrogens with one attached hydrogen (secondary N) is 2. The summed E-state index contributed by atoms with van der Waals surface area (Å²) in [4.78, 5) is 28.0. The highest BCUT2D eigenvalue weighted by Gasteiger charge is 2.45. The van der Waals surface area contributed by atoms with E-state index in [-0.39, 0.29) is 43.1 Å². The fourth-order valence-electron chi connectivity index (χ4n) is 4.45. The van der Waals surface area contributed by atoms with Gasteiger partial charge in [-0.3, -0.25) is 9.59 Å². The average Bonchev–Trinajstić information content (AvgIpc) is 3.68. The van der Waals surface area contributed by atoms with Crippen molar-refractivity contribution in [1.29, 1.82) is 0 Å². The molecule has 0 radical (unpaired) electrons. The van der Waals surface area contributed by atoms with E-state index in [0.29, 0.717) is 25.2 Å². The maximum Gasteiger partial charge on any atom is 0.248 e. The zero-order chi connectivity index (χ0) is 24.7. The molecule has 190 valence electrons. The molecule has 1 aromatic heterocycles. The summed E-state index contributed by atoms with van der Waals surface area (Å²) in [6, 6.07) is -1.45. The van der Waals surface area contributed by atoms with Crippen molar-refractivity contribution in [1.82, 2.24) is 29.9 Å². The van der Waals surface area contributed by atoms with Gasteiger partial charge in [-0.25, -0.2) is 17.8 Å².